The predicted molar refractivity (Wildman–Crippen MR) is 54.6 cm³/mol. The molecule has 1 rings (SSSR count). The van der Waals surface area contributed by atoms with Crippen LogP contribution >= 0.6 is 11.6 Å². The maximum atomic E-state index is 10.3. The normalized spacial score (nSPS) is 10.1. The van der Waals surface area contributed by atoms with Gasteiger partial charge in [-0.3, -0.25) is 9.78 Å². The highest BCUT2D eigenvalue weighted by Gasteiger charge is 2.01. The van der Waals surface area contributed by atoms with E-state index in [0.717, 1.165) is 11.4 Å². The number of hydrogen-bond acceptors (Lipinski definition) is 2. The molecule has 1 aromatic rings. The fourth-order valence-corrected chi connectivity index (χ4v) is 1.26. The number of halogens is 1. The first-order valence-electron chi connectivity index (χ1n) is 4.43. The number of aryl methyl sites for hydroxylation is 2. The van der Waals surface area contributed by atoms with Gasteiger partial charge in [0.25, 0.3) is 0 Å². The monoisotopic (exact) mass is 213 g/mol. The molecule has 0 fully saturated rings. The third-order valence-electron chi connectivity index (χ3n) is 1.90. The van der Waals surface area contributed by atoms with Crippen molar-refractivity contribution in [1.29, 1.82) is 0 Å². The van der Waals surface area contributed by atoms with Gasteiger partial charge >= 0.3 is 5.97 Å². The van der Waals surface area contributed by atoms with Crippen LogP contribution in [0.25, 0.3) is 0 Å². The Balaban J connectivity index is 2.51. The second kappa shape index (κ2) is 4.96. The van der Waals surface area contributed by atoms with Crippen LogP contribution in [0.3, 0.4) is 0 Å². The molecule has 0 saturated heterocycles. The summed E-state index contributed by atoms with van der Waals surface area (Å²) < 4.78 is 0. The maximum Gasteiger partial charge on any atom is 0.303 e. The zero-order chi connectivity index (χ0) is 10.6. The number of carboxylic acids is 1. The molecule has 0 unspecified atom stereocenters. The summed E-state index contributed by atoms with van der Waals surface area (Å²) in [6.07, 6.45) is 1.48. The van der Waals surface area contributed by atoms with Crippen molar-refractivity contribution in [1.82, 2.24) is 4.98 Å². The summed E-state index contributed by atoms with van der Waals surface area (Å²) in [5, 5.41) is 9.09. The van der Waals surface area contributed by atoms with Gasteiger partial charge in [0.05, 0.1) is 10.7 Å². The molecule has 1 aromatic heterocycles. The van der Waals surface area contributed by atoms with Crippen molar-refractivity contribution in [3.8, 4) is 0 Å². The van der Waals surface area contributed by atoms with Gasteiger partial charge in [0.1, 0.15) is 0 Å². The molecule has 1 N–H and O–H groups in total. The molecule has 0 atom stereocenters. The fraction of sp³-hybridized carbons (Fsp3) is 0.400. The molecule has 3 nitrogen and oxygen atoms in total. The highest BCUT2D eigenvalue weighted by molar-refractivity contribution is 6.31. The van der Waals surface area contributed by atoms with Gasteiger partial charge in [-0.2, -0.15) is 0 Å². The van der Waals surface area contributed by atoms with Crippen molar-refractivity contribution in [2.45, 2.75) is 26.2 Å². The summed E-state index contributed by atoms with van der Waals surface area (Å²) in [6.45, 7) is 1.84. The van der Waals surface area contributed by atoms with E-state index in [1.165, 1.54) is 0 Å². The van der Waals surface area contributed by atoms with Crippen molar-refractivity contribution >= 4 is 17.6 Å². The van der Waals surface area contributed by atoms with Gasteiger partial charge in [0.15, 0.2) is 0 Å². The predicted octanol–water partition coefficient (Wildman–Crippen LogP) is 2.45. The summed E-state index contributed by atoms with van der Waals surface area (Å²) in [5.74, 6) is -0.768. The van der Waals surface area contributed by atoms with Crippen LogP contribution in [0.2, 0.25) is 5.02 Å². The van der Waals surface area contributed by atoms with E-state index >= 15 is 0 Å². The SMILES string of the molecule is Cc1nc(CCCC(=O)O)ccc1Cl. The smallest absolute Gasteiger partial charge is 0.303 e. The van der Waals surface area contributed by atoms with Gasteiger partial charge in [0, 0.05) is 12.1 Å². The molecule has 0 saturated carbocycles. The van der Waals surface area contributed by atoms with Gasteiger partial charge < -0.3 is 5.11 Å². The van der Waals surface area contributed by atoms with Crippen LogP contribution in [0.5, 0.6) is 0 Å². The minimum absolute atomic E-state index is 0.184. The zero-order valence-electron chi connectivity index (χ0n) is 7.96. The van der Waals surface area contributed by atoms with Crippen LogP contribution in [0, 0.1) is 6.92 Å². The molecule has 4 heteroatoms. The third-order valence-corrected chi connectivity index (χ3v) is 2.30. The molecule has 0 aliphatic heterocycles. The summed E-state index contributed by atoms with van der Waals surface area (Å²) in [5.41, 5.74) is 1.69. The standard InChI is InChI=1S/C10H12ClNO2/c1-7-9(11)6-5-8(12-7)3-2-4-10(13)14/h5-6H,2-4H2,1H3,(H,13,14). The summed E-state index contributed by atoms with van der Waals surface area (Å²) in [7, 11) is 0. The summed E-state index contributed by atoms with van der Waals surface area (Å²) in [6, 6.07) is 3.62. The van der Waals surface area contributed by atoms with E-state index < -0.39 is 5.97 Å². The number of carboxylic acid groups (broad SMARTS) is 1. The van der Waals surface area contributed by atoms with E-state index in [2.05, 4.69) is 4.98 Å². The van der Waals surface area contributed by atoms with Crippen molar-refractivity contribution in [2.75, 3.05) is 0 Å². The molecular formula is C10H12ClNO2. The topological polar surface area (TPSA) is 50.2 Å². The number of hydrogen-bond donors (Lipinski definition) is 1. The molecule has 1 heterocycles. The lowest BCUT2D eigenvalue weighted by Gasteiger charge is -2.01. The van der Waals surface area contributed by atoms with Crippen molar-refractivity contribution in [3.05, 3.63) is 28.5 Å². The summed E-state index contributed by atoms with van der Waals surface area (Å²) >= 11 is 5.81. The van der Waals surface area contributed by atoms with Crippen molar-refractivity contribution in [3.63, 3.8) is 0 Å². The number of carbonyl (C=O) groups is 1. The number of rotatable bonds is 4. The van der Waals surface area contributed by atoms with Crippen LogP contribution in [-0.4, -0.2) is 16.1 Å². The Morgan fingerprint density at radius 1 is 1.57 bits per heavy atom. The highest BCUT2D eigenvalue weighted by Crippen LogP contribution is 2.13. The van der Waals surface area contributed by atoms with Gasteiger partial charge in [-0.15, -0.1) is 0 Å². The van der Waals surface area contributed by atoms with Crippen LogP contribution in [-0.2, 0) is 11.2 Å². The first kappa shape index (κ1) is 11.0. The lowest BCUT2D eigenvalue weighted by molar-refractivity contribution is -0.137. The van der Waals surface area contributed by atoms with E-state index in [1.54, 1.807) is 6.07 Å². The van der Waals surface area contributed by atoms with E-state index in [-0.39, 0.29) is 6.42 Å². The molecule has 0 radical (unpaired) electrons. The molecule has 0 bridgehead atoms. The Morgan fingerprint density at radius 2 is 2.29 bits per heavy atom. The number of pyridine rings is 1. The molecule has 14 heavy (non-hydrogen) atoms. The van der Waals surface area contributed by atoms with E-state index in [0.29, 0.717) is 17.9 Å². The highest BCUT2D eigenvalue weighted by atomic mass is 35.5. The van der Waals surface area contributed by atoms with E-state index in [9.17, 15) is 4.79 Å². The Kier molecular flexibility index (Phi) is 3.89. The maximum absolute atomic E-state index is 10.3. The zero-order valence-corrected chi connectivity index (χ0v) is 8.71. The quantitative estimate of drug-likeness (QED) is 0.836. The molecule has 0 amide bonds. The molecule has 0 aromatic carbocycles. The fourth-order valence-electron chi connectivity index (χ4n) is 1.16. The average Bonchev–Trinajstić information content (AvgIpc) is 2.10. The lowest BCUT2D eigenvalue weighted by atomic mass is 10.2. The lowest BCUT2D eigenvalue weighted by Crippen LogP contribution is -1.98. The van der Waals surface area contributed by atoms with Crippen LogP contribution in [0.1, 0.15) is 24.2 Å². The van der Waals surface area contributed by atoms with Crippen LogP contribution in [0.4, 0.5) is 0 Å². The minimum atomic E-state index is -0.768. The molecular weight excluding hydrogens is 202 g/mol. The molecule has 0 aliphatic rings. The van der Waals surface area contributed by atoms with Gasteiger partial charge in [-0.25, -0.2) is 0 Å². The Hall–Kier alpha value is -1.09. The van der Waals surface area contributed by atoms with Crippen molar-refractivity contribution in [2.24, 2.45) is 0 Å². The molecule has 76 valence electrons. The second-order valence-electron chi connectivity index (χ2n) is 3.12. The van der Waals surface area contributed by atoms with Gasteiger partial charge in [-0.05, 0) is 31.9 Å². The number of aliphatic carboxylic acids is 1. The van der Waals surface area contributed by atoms with Gasteiger partial charge in [-0.1, -0.05) is 11.6 Å². The summed E-state index contributed by atoms with van der Waals surface area (Å²) in [4.78, 5) is 14.5. The van der Waals surface area contributed by atoms with E-state index in [1.807, 2.05) is 13.0 Å². The Bertz CT molecular complexity index is 339. The average molecular weight is 214 g/mol. The minimum Gasteiger partial charge on any atom is -0.481 e. The third kappa shape index (κ3) is 3.34. The molecule has 0 spiro atoms. The van der Waals surface area contributed by atoms with Crippen LogP contribution in [0.15, 0.2) is 12.1 Å². The first-order chi connectivity index (χ1) is 6.59. The second-order valence-corrected chi connectivity index (χ2v) is 3.52. The largest absolute Gasteiger partial charge is 0.481 e. The number of aromatic nitrogens is 1. The first-order valence-corrected chi connectivity index (χ1v) is 4.81. The van der Waals surface area contributed by atoms with Crippen LogP contribution < -0.4 is 0 Å². The van der Waals surface area contributed by atoms with Gasteiger partial charge in [0.2, 0.25) is 0 Å². The Labute approximate surface area is 87.7 Å². The Morgan fingerprint density at radius 3 is 2.86 bits per heavy atom. The van der Waals surface area contributed by atoms with Crippen molar-refractivity contribution < 1.29 is 9.90 Å². The molecule has 0 aliphatic carbocycles. The number of nitrogens with zero attached hydrogens (tertiary/aromatic N) is 1. The van der Waals surface area contributed by atoms with E-state index in [4.69, 9.17) is 16.7 Å².